The fraction of sp³-hybridized carbons (Fsp3) is 0.500. The Morgan fingerprint density at radius 3 is 2.30 bits per heavy atom. The van der Waals surface area contributed by atoms with Gasteiger partial charge >= 0.3 is 0 Å². The van der Waals surface area contributed by atoms with E-state index in [-0.39, 0.29) is 23.8 Å². The van der Waals surface area contributed by atoms with Crippen molar-refractivity contribution in [1.82, 2.24) is 4.90 Å². The molecule has 1 aromatic rings. The van der Waals surface area contributed by atoms with Gasteiger partial charge in [-0.2, -0.15) is 0 Å². The molecule has 20 heavy (non-hydrogen) atoms. The van der Waals surface area contributed by atoms with E-state index in [1.807, 2.05) is 12.1 Å². The van der Waals surface area contributed by atoms with Crippen LogP contribution < -0.4 is 0 Å². The number of amides is 2. The standard InChI is InChI=1S/C16H21NO3/c1-16(2,3)11-6-7-12-13(10-11)15(20)17(14(12)19)8-4-5-9-18/h6-7,10,18H,4-5,8-9H2,1-3H3. The number of imide groups is 1. The SMILES string of the molecule is CC(C)(C)c1ccc2c(c1)C(=O)N(CCCCO)C2=O. The zero-order chi connectivity index (χ0) is 14.9. The minimum absolute atomic E-state index is 0.0529. The monoisotopic (exact) mass is 275 g/mol. The molecular weight excluding hydrogens is 254 g/mol. The van der Waals surface area contributed by atoms with Crippen LogP contribution in [0.25, 0.3) is 0 Å². The zero-order valence-corrected chi connectivity index (χ0v) is 12.3. The van der Waals surface area contributed by atoms with E-state index in [1.54, 1.807) is 6.07 Å². The predicted octanol–water partition coefficient (Wildman–Crippen LogP) is 2.35. The van der Waals surface area contributed by atoms with Crippen LogP contribution in [0.1, 0.15) is 59.9 Å². The number of aliphatic hydroxyl groups excluding tert-OH is 1. The van der Waals surface area contributed by atoms with Crippen molar-refractivity contribution in [2.75, 3.05) is 13.2 Å². The topological polar surface area (TPSA) is 57.6 Å². The number of hydrogen-bond acceptors (Lipinski definition) is 3. The van der Waals surface area contributed by atoms with E-state index in [1.165, 1.54) is 4.90 Å². The lowest BCUT2D eigenvalue weighted by Crippen LogP contribution is -2.30. The molecule has 2 amide bonds. The van der Waals surface area contributed by atoms with Crippen LogP contribution in [0.3, 0.4) is 0 Å². The van der Waals surface area contributed by atoms with Crippen molar-refractivity contribution in [3.8, 4) is 0 Å². The van der Waals surface area contributed by atoms with E-state index in [0.717, 1.165) is 5.56 Å². The van der Waals surface area contributed by atoms with Gasteiger partial charge in [-0.05, 0) is 36.0 Å². The van der Waals surface area contributed by atoms with E-state index in [2.05, 4.69) is 20.8 Å². The molecule has 2 rings (SSSR count). The highest BCUT2D eigenvalue weighted by Gasteiger charge is 2.35. The number of benzene rings is 1. The van der Waals surface area contributed by atoms with Crippen molar-refractivity contribution < 1.29 is 14.7 Å². The minimum atomic E-state index is -0.219. The van der Waals surface area contributed by atoms with Crippen LogP contribution in [0.4, 0.5) is 0 Å². The molecule has 4 heteroatoms. The third-order valence-electron chi connectivity index (χ3n) is 3.63. The van der Waals surface area contributed by atoms with Gasteiger partial charge in [0, 0.05) is 13.2 Å². The molecule has 0 radical (unpaired) electrons. The van der Waals surface area contributed by atoms with Gasteiger partial charge in [-0.3, -0.25) is 14.5 Å². The number of aliphatic hydroxyl groups is 1. The molecule has 1 aliphatic heterocycles. The maximum atomic E-state index is 12.3. The quantitative estimate of drug-likeness (QED) is 0.678. The Morgan fingerprint density at radius 1 is 1.05 bits per heavy atom. The van der Waals surface area contributed by atoms with Crippen LogP contribution in [-0.4, -0.2) is 35.0 Å². The predicted molar refractivity (Wildman–Crippen MR) is 76.8 cm³/mol. The third kappa shape index (κ3) is 2.61. The summed E-state index contributed by atoms with van der Waals surface area (Å²) in [5.41, 5.74) is 2.00. The summed E-state index contributed by atoms with van der Waals surface area (Å²) < 4.78 is 0. The number of unbranched alkanes of at least 4 members (excludes halogenated alkanes) is 1. The van der Waals surface area contributed by atoms with Gasteiger partial charge in [-0.25, -0.2) is 0 Å². The summed E-state index contributed by atoms with van der Waals surface area (Å²) >= 11 is 0. The summed E-state index contributed by atoms with van der Waals surface area (Å²) in [5, 5.41) is 8.78. The molecule has 0 saturated carbocycles. The molecule has 0 aliphatic carbocycles. The normalized spacial score (nSPS) is 14.9. The average Bonchev–Trinajstić information content (AvgIpc) is 2.62. The van der Waals surface area contributed by atoms with E-state index >= 15 is 0 Å². The van der Waals surface area contributed by atoms with Gasteiger partial charge in [0.25, 0.3) is 11.8 Å². The summed E-state index contributed by atoms with van der Waals surface area (Å²) in [6.45, 7) is 6.69. The third-order valence-corrected chi connectivity index (χ3v) is 3.63. The Morgan fingerprint density at radius 2 is 1.70 bits per heavy atom. The lowest BCUT2D eigenvalue weighted by molar-refractivity contribution is 0.0649. The summed E-state index contributed by atoms with van der Waals surface area (Å²) in [5.74, 6) is -0.433. The van der Waals surface area contributed by atoms with Gasteiger partial charge in [0.2, 0.25) is 0 Å². The van der Waals surface area contributed by atoms with E-state index in [0.29, 0.717) is 30.5 Å². The molecule has 0 fully saturated rings. The molecule has 1 aromatic carbocycles. The second kappa shape index (κ2) is 5.37. The van der Waals surface area contributed by atoms with Crippen molar-refractivity contribution in [3.63, 3.8) is 0 Å². The molecule has 0 bridgehead atoms. The first-order chi connectivity index (χ1) is 9.36. The number of rotatable bonds is 4. The molecule has 4 nitrogen and oxygen atoms in total. The molecule has 108 valence electrons. The van der Waals surface area contributed by atoms with Gasteiger partial charge in [0.1, 0.15) is 0 Å². The lowest BCUT2D eigenvalue weighted by atomic mass is 9.85. The summed E-state index contributed by atoms with van der Waals surface area (Å²) in [6, 6.07) is 5.50. The first-order valence-electron chi connectivity index (χ1n) is 6.98. The van der Waals surface area contributed by atoms with Gasteiger partial charge in [0.05, 0.1) is 11.1 Å². The van der Waals surface area contributed by atoms with Crippen LogP contribution in [0.2, 0.25) is 0 Å². The highest BCUT2D eigenvalue weighted by molar-refractivity contribution is 6.21. The lowest BCUT2D eigenvalue weighted by Gasteiger charge is -2.19. The van der Waals surface area contributed by atoms with Gasteiger partial charge < -0.3 is 5.11 Å². The Labute approximate surface area is 119 Å². The highest BCUT2D eigenvalue weighted by atomic mass is 16.3. The second-order valence-electron chi connectivity index (χ2n) is 6.20. The van der Waals surface area contributed by atoms with Crippen molar-refractivity contribution in [2.45, 2.75) is 39.0 Å². The second-order valence-corrected chi connectivity index (χ2v) is 6.20. The number of carbonyl (C=O) groups is 2. The number of nitrogens with zero attached hydrogens (tertiary/aromatic N) is 1. The number of carbonyl (C=O) groups excluding carboxylic acids is 2. The Hall–Kier alpha value is -1.68. The molecule has 1 aliphatic rings. The summed E-state index contributed by atoms with van der Waals surface area (Å²) in [4.78, 5) is 25.8. The Kier molecular flexibility index (Phi) is 3.95. The molecule has 1 heterocycles. The van der Waals surface area contributed by atoms with Crippen LogP contribution in [-0.2, 0) is 5.41 Å². The van der Waals surface area contributed by atoms with E-state index < -0.39 is 0 Å². The number of hydrogen-bond donors (Lipinski definition) is 1. The molecule has 0 aromatic heterocycles. The maximum Gasteiger partial charge on any atom is 0.261 e. The highest BCUT2D eigenvalue weighted by Crippen LogP contribution is 2.29. The van der Waals surface area contributed by atoms with Crippen LogP contribution >= 0.6 is 0 Å². The van der Waals surface area contributed by atoms with Crippen molar-refractivity contribution in [3.05, 3.63) is 34.9 Å². The maximum absolute atomic E-state index is 12.3. The molecule has 0 atom stereocenters. The van der Waals surface area contributed by atoms with Crippen LogP contribution in [0.15, 0.2) is 18.2 Å². The van der Waals surface area contributed by atoms with E-state index in [9.17, 15) is 9.59 Å². The zero-order valence-electron chi connectivity index (χ0n) is 12.3. The Balaban J connectivity index is 2.27. The average molecular weight is 275 g/mol. The summed E-state index contributed by atoms with van der Waals surface area (Å²) in [7, 11) is 0. The first-order valence-corrected chi connectivity index (χ1v) is 6.98. The summed E-state index contributed by atoms with van der Waals surface area (Å²) in [6.07, 6.45) is 1.23. The molecule has 0 saturated heterocycles. The smallest absolute Gasteiger partial charge is 0.261 e. The van der Waals surface area contributed by atoms with Crippen LogP contribution in [0, 0.1) is 0 Å². The molecule has 0 spiro atoms. The molecule has 0 unspecified atom stereocenters. The van der Waals surface area contributed by atoms with E-state index in [4.69, 9.17) is 5.11 Å². The first kappa shape index (κ1) is 14.7. The fourth-order valence-electron chi connectivity index (χ4n) is 2.34. The van der Waals surface area contributed by atoms with Crippen LogP contribution in [0.5, 0.6) is 0 Å². The fourth-order valence-corrected chi connectivity index (χ4v) is 2.34. The van der Waals surface area contributed by atoms with Crippen molar-refractivity contribution in [2.24, 2.45) is 0 Å². The largest absolute Gasteiger partial charge is 0.396 e. The van der Waals surface area contributed by atoms with Gasteiger partial charge in [-0.15, -0.1) is 0 Å². The van der Waals surface area contributed by atoms with Crippen molar-refractivity contribution >= 4 is 11.8 Å². The minimum Gasteiger partial charge on any atom is -0.396 e. The van der Waals surface area contributed by atoms with Crippen molar-refractivity contribution in [1.29, 1.82) is 0 Å². The number of fused-ring (bicyclic) bond motifs is 1. The van der Waals surface area contributed by atoms with Gasteiger partial charge in [0.15, 0.2) is 0 Å². The molecule has 1 N–H and O–H groups in total. The Bertz CT molecular complexity index is 543. The van der Waals surface area contributed by atoms with Gasteiger partial charge in [-0.1, -0.05) is 26.8 Å². The molecular formula is C16H21NO3.